The molecule has 0 bridgehead atoms. The van der Waals surface area contributed by atoms with Gasteiger partial charge >= 0.3 is 6.61 Å². The van der Waals surface area contributed by atoms with E-state index < -0.39 is 6.61 Å². The van der Waals surface area contributed by atoms with Gasteiger partial charge in [-0.05, 0) is 37.3 Å². The Bertz CT molecular complexity index is 929. The maximum atomic E-state index is 12.5. The SMILES string of the molecule is Cc1c(C(=O)Nc2ccc(OC(F)F)c(Cl)c2)cnn1-c1ccccc1. The van der Waals surface area contributed by atoms with Crippen molar-refractivity contribution < 1.29 is 18.3 Å². The Hall–Kier alpha value is -2.93. The molecule has 1 N–H and O–H groups in total. The Balaban J connectivity index is 1.79. The van der Waals surface area contributed by atoms with E-state index in [0.29, 0.717) is 16.9 Å². The van der Waals surface area contributed by atoms with Crippen molar-refractivity contribution in [1.29, 1.82) is 0 Å². The number of nitrogens with zero attached hydrogens (tertiary/aromatic N) is 2. The van der Waals surface area contributed by atoms with Gasteiger partial charge < -0.3 is 10.1 Å². The summed E-state index contributed by atoms with van der Waals surface area (Å²) in [4.78, 5) is 12.5. The summed E-state index contributed by atoms with van der Waals surface area (Å²) in [6.45, 7) is -1.19. The largest absolute Gasteiger partial charge is 0.433 e. The van der Waals surface area contributed by atoms with Gasteiger partial charge in [0.1, 0.15) is 5.75 Å². The number of rotatable bonds is 5. The zero-order chi connectivity index (χ0) is 18.7. The monoisotopic (exact) mass is 377 g/mol. The average molecular weight is 378 g/mol. The fourth-order valence-corrected chi connectivity index (χ4v) is 2.66. The first kappa shape index (κ1) is 17.9. The molecule has 0 fully saturated rings. The Kier molecular flexibility index (Phi) is 5.18. The van der Waals surface area contributed by atoms with Crippen molar-refractivity contribution in [3.05, 3.63) is 71.0 Å². The molecule has 0 aliphatic heterocycles. The second-order valence-corrected chi connectivity index (χ2v) is 5.78. The molecule has 0 unspecified atom stereocenters. The van der Waals surface area contributed by atoms with Gasteiger partial charge in [-0.3, -0.25) is 4.79 Å². The lowest BCUT2D eigenvalue weighted by Crippen LogP contribution is -2.13. The van der Waals surface area contributed by atoms with Gasteiger partial charge in [-0.2, -0.15) is 13.9 Å². The van der Waals surface area contributed by atoms with Crippen LogP contribution in [0.5, 0.6) is 5.75 Å². The quantitative estimate of drug-likeness (QED) is 0.702. The lowest BCUT2D eigenvalue weighted by atomic mass is 10.2. The summed E-state index contributed by atoms with van der Waals surface area (Å²) in [6, 6.07) is 13.4. The molecule has 5 nitrogen and oxygen atoms in total. The molecule has 0 spiro atoms. The zero-order valence-corrected chi connectivity index (χ0v) is 14.4. The second kappa shape index (κ2) is 7.53. The fourth-order valence-electron chi connectivity index (χ4n) is 2.43. The number of benzene rings is 2. The molecule has 0 aliphatic rings. The summed E-state index contributed by atoms with van der Waals surface area (Å²) in [6.07, 6.45) is 1.47. The van der Waals surface area contributed by atoms with Crippen LogP contribution in [0, 0.1) is 6.92 Å². The van der Waals surface area contributed by atoms with E-state index in [9.17, 15) is 13.6 Å². The molecule has 0 aliphatic carbocycles. The van der Waals surface area contributed by atoms with E-state index >= 15 is 0 Å². The van der Waals surface area contributed by atoms with Gasteiger partial charge in [0.2, 0.25) is 0 Å². The Morgan fingerprint density at radius 3 is 2.62 bits per heavy atom. The van der Waals surface area contributed by atoms with Gasteiger partial charge in [0, 0.05) is 5.69 Å². The highest BCUT2D eigenvalue weighted by atomic mass is 35.5. The normalized spacial score (nSPS) is 10.8. The van der Waals surface area contributed by atoms with Gasteiger partial charge in [-0.15, -0.1) is 0 Å². The van der Waals surface area contributed by atoms with E-state index in [4.69, 9.17) is 11.6 Å². The van der Waals surface area contributed by atoms with Gasteiger partial charge in [-0.1, -0.05) is 29.8 Å². The average Bonchev–Trinajstić information content (AvgIpc) is 2.99. The molecular formula is C18H14ClF2N3O2. The summed E-state index contributed by atoms with van der Waals surface area (Å²) in [7, 11) is 0. The molecular weight excluding hydrogens is 364 g/mol. The van der Waals surface area contributed by atoms with Crippen LogP contribution in [0.1, 0.15) is 16.1 Å². The van der Waals surface area contributed by atoms with Crippen LogP contribution >= 0.6 is 11.6 Å². The van der Waals surface area contributed by atoms with E-state index in [-0.39, 0.29) is 16.7 Å². The van der Waals surface area contributed by atoms with Crippen LogP contribution < -0.4 is 10.1 Å². The predicted octanol–water partition coefficient (Wildman–Crippen LogP) is 4.69. The molecule has 3 rings (SSSR count). The zero-order valence-electron chi connectivity index (χ0n) is 13.6. The number of amides is 1. The lowest BCUT2D eigenvalue weighted by Gasteiger charge is -2.10. The molecule has 26 heavy (non-hydrogen) atoms. The van der Waals surface area contributed by atoms with Crippen LogP contribution in [0.2, 0.25) is 5.02 Å². The summed E-state index contributed by atoms with van der Waals surface area (Å²) in [5, 5.41) is 6.88. The van der Waals surface area contributed by atoms with E-state index in [0.717, 1.165) is 5.69 Å². The Morgan fingerprint density at radius 1 is 1.23 bits per heavy atom. The summed E-state index contributed by atoms with van der Waals surface area (Å²) >= 11 is 5.89. The molecule has 3 aromatic rings. The number of carbonyl (C=O) groups excluding carboxylic acids is 1. The van der Waals surface area contributed by atoms with Crippen molar-refractivity contribution in [2.75, 3.05) is 5.32 Å². The smallest absolute Gasteiger partial charge is 0.387 e. The third kappa shape index (κ3) is 3.83. The Morgan fingerprint density at radius 2 is 1.96 bits per heavy atom. The highest BCUT2D eigenvalue weighted by Crippen LogP contribution is 2.29. The van der Waals surface area contributed by atoms with Crippen LogP contribution in [0.4, 0.5) is 14.5 Å². The second-order valence-electron chi connectivity index (χ2n) is 5.37. The fraction of sp³-hybridized carbons (Fsp3) is 0.111. The van der Waals surface area contributed by atoms with E-state index in [2.05, 4.69) is 15.2 Å². The molecule has 1 amide bonds. The first-order valence-electron chi connectivity index (χ1n) is 7.61. The summed E-state index contributed by atoms with van der Waals surface area (Å²) < 4.78 is 30.4. The molecule has 0 saturated heterocycles. The molecule has 134 valence electrons. The first-order valence-corrected chi connectivity index (χ1v) is 7.99. The predicted molar refractivity (Wildman–Crippen MR) is 94.3 cm³/mol. The number of anilines is 1. The molecule has 8 heteroatoms. The molecule has 0 atom stereocenters. The highest BCUT2D eigenvalue weighted by molar-refractivity contribution is 6.32. The minimum atomic E-state index is -2.97. The van der Waals surface area contributed by atoms with E-state index in [1.807, 2.05) is 30.3 Å². The van der Waals surface area contributed by atoms with E-state index in [1.165, 1.54) is 24.4 Å². The van der Waals surface area contributed by atoms with Crippen LogP contribution in [0.3, 0.4) is 0 Å². The molecule has 1 aromatic heterocycles. The topological polar surface area (TPSA) is 56.1 Å². The molecule has 1 heterocycles. The maximum Gasteiger partial charge on any atom is 0.387 e. The van der Waals surface area contributed by atoms with Crippen molar-refractivity contribution in [1.82, 2.24) is 9.78 Å². The van der Waals surface area contributed by atoms with Gasteiger partial charge in [0.25, 0.3) is 5.91 Å². The number of carbonyl (C=O) groups is 1. The summed E-state index contributed by atoms with van der Waals surface area (Å²) in [5.74, 6) is -0.545. The van der Waals surface area contributed by atoms with Gasteiger partial charge in [-0.25, -0.2) is 4.68 Å². The number of halogens is 3. The number of nitrogens with one attached hydrogen (secondary N) is 1. The van der Waals surface area contributed by atoms with Crippen LogP contribution in [0.25, 0.3) is 5.69 Å². The first-order chi connectivity index (χ1) is 12.5. The van der Waals surface area contributed by atoms with Crippen molar-refractivity contribution in [3.63, 3.8) is 0 Å². The number of para-hydroxylation sites is 1. The van der Waals surface area contributed by atoms with Crippen LogP contribution in [0.15, 0.2) is 54.7 Å². The lowest BCUT2D eigenvalue weighted by molar-refractivity contribution is -0.0497. The van der Waals surface area contributed by atoms with Crippen molar-refractivity contribution in [2.24, 2.45) is 0 Å². The third-order valence-corrected chi connectivity index (χ3v) is 3.96. The molecule has 2 aromatic carbocycles. The highest BCUT2D eigenvalue weighted by Gasteiger charge is 2.16. The molecule has 0 radical (unpaired) electrons. The van der Waals surface area contributed by atoms with E-state index in [1.54, 1.807) is 11.6 Å². The summed E-state index contributed by atoms with van der Waals surface area (Å²) in [5.41, 5.74) is 2.24. The minimum absolute atomic E-state index is 0.0280. The van der Waals surface area contributed by atoms with Crippen molar-refractivity contribution in [3.8, 4) is 11.4 Å². The number of hydrogen-bond donors (Lipinski definition) is 1. The van der Waals surface area contributed by atoms with Gasteiger partial charge in [0.15, 0.2) is 0 Å². The maximum absolute atomic E-state index is 12.5. The van der Waals surface area contributed by atoms with Crippen molar-refractivity contribution in [2.45, 2.75) is 13.5 Å². The van der Waals surface area contributed by atoms with Crippen LogP contribution in [-0.2, 0) is 0 Å². The number of hydrogen-bond acceptors (Lipinski definition) is 3. The number of alkyl halides is 2. The van der Waals surface area contributed by atoms with Gasteiger partial charge in [0.05, 0.1) is 28.2 Å². The molecule has 0 saturated carbocycles. The standard InChI is InChI=1S/C18H14ClF2N3O2/c1-11-14(10-22-24(11)13-5-3-2-4-6-13)17(25)23-12-7-8-16(15(19)9-12)26-18(20)21/h2-10,18H,1H3,(H,23,25). The third-order valence-electron chi connectivity index (χ3n) is 3.66. The Labute approximate surface area is 153 Å². The number of ether oxygens (including phenoxy) is 1. The van der Waals surface area contributed by atoms with Crippen LogP contribution in [-0.4, -0.2) is 22.3 Å². The minimum Gasteiger partial charge on any atom is -0.433 e. The van der Waals surface area contributed by atoms with Crippen molar-refractivity contribution >= 4 is 23.2 Å². The number of aromatic nitrogens is 2.